The van der Waals surface area contributed by atoms with E-state index in [1.54, 1.807) is 0 Å². The number of nitrogens with one attached hydrogen (secondary N) is 1. The van der Waals surface area contributed by atoms with E-state index in [-0.39, 0.29) is 5.60 Å². The largest absolute Gasteiger partial charge is 0.487 e. The van der Waals surface area contributed by atoms with E-state index in [4.69, 9.17) is 4.74 Å². The highest BCUT2D eigenvalue weighted by Gasteiger charge is 2.42. The summed E-state index contributed by atoms with van der Waals surface area (Å²) in [4.78, 5) is 13.5. The molecule has 1 spiro atoms. The van der Waals surface area contributed by atoms with Crippen LogP contribution in [-0.4, -0.2) is 41.8 Å². The van der Waals surface area contributed by atoms with Crippen molar-refractivity contribution in [3.8, 4) is 5.75 Å². The van der Waals surface area contributed by atoms with Gasteiger partial charge in [0, 0.05) is 25.0 Å². The Morgan fingerprint density at radius 2 is 2.00 bits per heavy atom. The van der Waals surface area contributed by atoms with E-state index in [0.29, 0.717) is 18.2 Å². The molecule has 1 saturated heterocycles. The molecule has 2 unspecified atom stereocenters. The Hall–Kier alpha value is -1.88. The maximum atomic E-state index is 10.7. The lowest BCUT2D eigenvalue weighted by Crippen LogP contribution is -2.51. The van der Waals surface area contributed by atoms with E-state index in [1.165, 1.54) is 44.3 Å². The molecule has 2 saturated carbocycles. The Morgan fingerprint density at radius 3 is 2.69 bits per heavy atom. The molecule has 3 fully saturated rings. The van der Waals surface area contributed by atoms with Gasteiger partial charge in [0.05, 0.1) is 5.71 Å². The van der Waals surface area contributed by atoms with Crippen LogP contribution in [0.5, 0.6) is 5.75 Å². The second kappa shape index (κ2) is 7.75. The molecule has 156 valence electrons. The Bertz CT molecular complexity index is 791. The van der Waals surface area contributed by atoms with E-state index in [1.807, 2.05) is 0 Å². The number of carbonyl (C=O) groups excluding carboxylic acids is 1. The van der Waals surface area contributed by atoms with Gasteiger partial charge in [-0.05, 0) is 80.2 Å². The van der Waals surface area contributed by atoms with Crippen LogP contribution in [0.2, 0.25) is 0 Å². The minimum atomic E-state index is 0.0324. The van der Waals surface area contributed by atoms with Gasteiger partial charge in [0.1, 0.15) is 11.4 Å². The minimum Gasteiger partial charge on any atom is -0.487 e. The molecule has 29 heavy (non-hydrogen) atoms. The molecule has 5 rings (SSSR count). The number of hydrazone groups is 1. The smallest absolute Gasteiger partial charge is 0.227 e. The molecule has 2 aliphatic heterocycles. The number of hydrogen-bond acceptors (Lipinski definition) is 4. The molecule has 0 bridgehead atoms. The van der Waals surface area contributed by atoms with Gasteiger partial charge in [-0.25, -0.2) is 5.43 Å². The zero-order valence-corrected chi connectivity index (χ0v) is 17.5. The van der Waals surface area contributed by atoms with Crippen LogP contribution in [0.1, 0.15) is 69.4 Å². The van der Waals surface area contributed by atoms with Gasteiger partial charge >= 0.3 is 0 Å². The molecule has 2 atom stereocenters. The normalized spacial score (nSPS) is 29.3. The van der Waals surface area contributed by atoms with Gasteiger partial charge in [-0.3, -0.25) is 4.79 Å². The van der Waals surface area contributed by atoms with Gasteiger partial charge in [-0.15, -0.1) is 0 Å². The van der Waals surface area contributed by atoms with Crippen molar-refractivity contribution in [1.82, 2.24) is 10.3 Å². The highest BCUT2D eigenvalue weighted by molar-refractivity contribution is 6.04. The molecular formula is C24H33N3O2. The van der Waals surface area contributed by atoms with Crippen LogP contribution < -0.4 is 10.2 Å². The summed E-state index contributed by atoms with van der Waals surface area (Å²) >= 11 is 0. The summed E-state index contributed by atoms with van der Waals surface area (Å²) in [6, 6.07) is 7.33. The Labute approximate surface area is 173 Å². The van der Waals surface area contributed by atoms with Crippen molar-refractivity contribution in [3.05, 3.63) is 29.3 Å². The maximum absolute atomic E-state index is 10.7. The standard InChI is InChI=1S/C24H33N3O2/c1-17-14-21(17)23(26-25-16-28)19-6-7-22-18(15-19)8-9-24(29-22)10-12-27(13-11-24)20-4-2-3-5-20/h6-7,15-17,20-21H,2-5,8-14H2,1H3,(H,25,28)/b26-23-. The van der Waals surface area contributed by atoms with Crippen LogP contribution in [0.4, 0.5) is 0 Å². The fourth-order valence-electron chi connectivity index (χ4n) is 5.76. The number of carbonyl (C=O) groups is 1. The number of hydrogen-bond donors (Lipinski definition) is 1. The lowest BCUT2D eigenvalue weighted by Gasteiger charge is -2.46. The predicted octanol–water partition coefficient (Wildman–Crippen LogP) is 3.89. The molecule has 1 N–H and O–H groups in total. The first-order valence-electron chi connectivity index (χ1n) is 11.5. The van der Waals surface area contributed by atoms with Crippen LogP contribution in [0.25, 0.3) is 0 Å². The fraction of sp³-hybridized carbons (Fsp3) is 0.667. The van der Waals surface area contributed by atoms with Gasteiger partial charge in [-0.2, -0.15) is 5.10 Å². The molecule has 5 nitrogen and oxygen atoms in total. The van der Waals surface area contributed by atoms with E-state index in [2.05, 4.69) is 40.5 Å². The third-order valence-corrected chi connectivity index (χ3v) is 7.78. The van der Waals surface area contributed by atoms with Crippen LogP contribution in [0.3, 0.4) is 0 Å². The van der Waals surface area contributed by atoms with E-state index in [0.717, 1.165) is 55.2 Å². The summed E-state index contributed by atoms with van der Waals surface area (Å²) in [6.07, 6.45) is 11.9. The number of likely N-dealkylation sites (tertiary alicyclic amines) is 1. The lowest BCUT2D eigenvalue weighted by molar-refractivity contribution is -0.109. The summed E-state index contributed by atoms with van der Waals surface area (Å²) in [5, 5.41) is 4.36. The number of ether oxygens (including phenoxy) is 1. The van der Waals surface area contributed by atoms with Crippen LogP contribution >= 0.6 is 0 Å². The molecular weight excluding hydrogens is 362 g/mol. The number of nitrogens with zero attached hydrogens (tertiary/aromatic N) is 2. The van der Waals surface area contributed by atoms with E-state index >= 15 is 0 Å². The quantitative estimate of drug-likeness (QED) is 0.467. The SMILES string of the molecule is CC1CC1/C(=N\NC=O)c1ccc2c(c1)CCC1(CCN(C3CCCC3)CC1)O2. The zero-order valence-electron chi connectivity index (χ0n) is 17.5. The number of rotatable bonds is 5. The number of aryl methyl sites for hydroxylation is 1. The monoisotopic (exact) mass is 395 g/mol. The molecule has 1 aromatic carbocycles. The van der Waals surface area contributed by atoms with Crippen LogP contribution in [-0.2, 0) is 11.2 Å². The van der Waals surface area contributed by atoms with Crippen molar-refractivity contribution in [2.24, 2.45) is 16.9 Å². The first kappa shape index (κ1) is 19.1. The summed E-state index contributed by atoms with van der Waals surface area (Å²) in [5.74, 6) is 2.15. The molecule has 2 heterocycles. The van der Waals surface area contributed by atoms with Crippen LogP contribution in [0.15, 0.2) is 23.3 Å². The summed E-state index contributed by atoms with van der Waals surface area (Å²) in [7, 11) is 0. The van der Waals surface area contributed by atoms with Crippen molar-refractivity contribution in [2.45, 2.75) is 76.4 Å². The Balaban J connectivity index is 1.29. The van der Waals surface area contributed by atoms with E-state index < -0.39 is 0 Å². The number of piperidine rings is 1. The van der Waals surface area contributed by atoms with Gasteiger partial charge in [-0.1, -0.05) is 19.8 Å². The molecule has 5 heteroatoms. The second-order valence-electron chi connectivity index (χ2n) is 9.65. The fourth-order valence-corrected chi connectivity index (χ4v) is 5.76. The third-order valence-electron chi connectivity index (χ3n) is 7.78. The van der Waals surface area contributed by atoms with Crippen molar-refractivity contribution in [3.63, 3.8) is 0 Å². The molecule has 4 aliphatic rings. The van der Waals surface area contributed by atoms with Crippen LogP contribution in [0, 0.1) is 11.8 Å². The maximum Gasteiger partial charge on any atom is 0.227 e. The number of amides is 1. The molecule has 1 amide bonds. The van der Waals surface area contributed by atoms with Crippen molar-refractivity contribution < 1.29 is 9.53 Å². The van der Waals surface area contributed by atoms with Crippen molar-refractivity contribution in [1.29, 1.82) is 0 Å². The number of benzene rings is 1. The zero-order chi connectivity index (χ0) is 19.8. The van der Waals surface area contributed by atoms with Gasteiger partial charge in [0.15, 0.2) is 0 Å². The summed E-state index contributed by atoms with van der Waals surface area (Å²) in [6.45, 7) is 4.61. The highest BCUT2D eigenvalue weighted by Crippen LogP contribution is 2.43. The lowest BCUT2D eigenvalue weighted by atomic mass is 9.82. The first-order valence-corrected chi connectivity index (χ1v) is 11.5. The van der Waals surface area contributed by atoms with Crippen molar-refractivity contribution >= 4 is 12.1 Å². The second-order valence-corrected chi connectivity index (χ2v) is 9.65. The Morgan fingerprint density at radius 1 is 1.24 bits per heavy atom. The number of fused-ring (bicyclic) bond motifs is 1. The highest BCUT2D eigenvalue weighted by atomic mass is 16.5. The predicted molar refractivity (Wildman–Crippen MR) is 114 cm³/mol. The average Bonchev–Trinajstić information content (AvgIpc) is 3.22. The van der Waals surface area contributed by atoms with E-state index in [9.17, 15) is 4.79 Å². The first-order chi connectivity index (χ1) is 14.2. The molecule has 0 aromatic heterocycles. The Kier molecular flexibility index (Phi) is 5.10. The molecule has 1 aromatic rings. The minimum absolute atomic E-state index is 0.0324. The average molecular weight is 396 g/mol. The van der Waals surface area contributed by atoms with Crippen molar-refractivity contribution in [2.75, 3.05) is 13.1 Å². The topological polar surface area (TPSA) is 53.9 Å². The van der Waals surface area contributed by atoms with Gasteiger partial charge in [0.2, 0.25) is 6.41 Å². The summed E-state index contributed by atoms with van der Waals surface area (Å²) < 4.78 is 6.65. The van der Waals surface area contributed by atoms with Gasteiger partial charge in [0.25, 0.3) is 0 Å². The summed E-state index contributed by atoms with van der Waals surface area (Å²) in [5.41, 5.74) is 5.98. The molecule has 2 aliphatic carbocycles. The molecule has 0 radical (unpaired) electrons. The third kappa shape index (κ3) is 3.81. The van der Waals surface area contributed by atoms with Gasteiger partial charge < -0.3 is 9.64 Å².